The largest absolute Gasteiger partial charge is 0.349 e. The third-order valence-corrected chi connectivity index (χ3v) is 5.25. The van der Waals surface area contributed by atoms with Crippen LogP contribution in [0.25, 0.3) is 0 Å². The number of benzene rings is 2. The maximum absolute atomic E-state index is 9.76. The average molecular weight is 356 g/mol. The van der Waals surface area contributed by atoms with E-state index in [9.17, 15) is 5.26 Å². The molecule has 2 aromatic carbocycles. The molecule has 5 heteroatoms. The Labute approximate surface area is 152 Å². The van der Waals surface area contributed by atoms with E-state index in [-0.39, 0.29) is 0 Å². The van der Waals surface area contributed by atoms with Crippen LogP contribution in [0.5, 0.6) is 0 Å². The lowest BCUT2D eigenvalue weighted by Crippen LogP contribution is -2.46. The van der Waals surface area contributed by atoms with Crippen LogP contribution in [0.2, 0.25) is 5.02 Å². The van der Waals surface area contributed by atoms with E-state index in [2.05, 4.69) is 16.3 Å². The third-order valence-electron chi connectivity index (χ3n) is 4.56. The summed E-state index contributed by atoms with van der Waals surface area (Å²) < 4.78 is 0. The number of rotatable bonds is 2. The van der Waals surface area contributed by atoms with Gasteiger partial charge in [-0.05, 0) is 42.8 Å². The van der Waals surface area contributed by atoms with E-state index in [1.165, 1.54) is 0 Å². The standard InChI is InChI=1S/C19H18ClN3S/c20-16-8-4-5-9-17(16)22-18(24)23-12-10-19(14-21,11-13-23)15-6-2-1-3-7-15/h1-9H,10-13H2,(H,22,24). The van der Waals surface area contributed by atoms with Crippen molar-refractivity contribution in [3.05, 3.63) is 65.2 Å². The Morgan fingerprint density at radius 3 is 2.33 bits per heavy atom. The molecule has 1 fully saturated rings. The van der Waals surface area contributed by atoms with E-state index in [0.717, 1.165) is 37.2 Å². The number of hydrogen-bond donors (Lipinski definition) is 1. The summed E-state index contributed by atoms with van der Waals surface area (Å²) in [5.74, 6) is 0. The van der Waals surface area contributed by atoms with E-state index in [1.54, 1.807) is 0 Å². The van der Waals surface area contributed by atoms with E-state index in [1.807, 2.05) is 54.6 Å². The van der Waals surface area contributed by atoms with Gasteiger partial charge in [0.1, 0.15) is 0 Å². The fourth-order valence-electron chi connectivity index (χ4n) is 3.07. The Bertz CT molecular complexity index is 762. The Morgan fingerprint density at radius 1 is 1.08 bits per heavy atom. The molecule has 0 aliphatic carbocycles. The lowest BCUT2D eigenvalue weighted by Gasteiger charge is -2.38. The summed E-state index contributed by atoms with van der Waals surface area (Å²) in [5, 5.41) is 14.3. The number of thiocarbonyl (C=S) groups is 1. The van der Waals surface area contributed by atoms with Crippen LogP contribution in [0.15, 0.2) is 54.6 Å². The third kappa shape index (κ3) is 3.38. The number of piperidine rings is 1. The highest BCUT2D eigenvalue weighted by Gasteiger charge is 2.37. The summed E-state index contributed by atoms with van der Waals surface area (Å²) in [7, 11) is 0. The maximum Gasteiger partial charge on any atom is 0.173 e. The van der Waals surface area contributed by atoms with Crippen molar-refractivity contribution < 1.29 is 0 Å². The molecule has 1 aliphatic heterocycles. The van der Waals surface area contributed by atoms with Crippen molar-refractivity contribution >= 4 is 34.6 Å². The molecule has 3 rings (SSSR count). The summed E-state index contributed by atoms with van der Waals surface area (Å²) in [4.78, 5) is 2.11. The quantitative estimate of drug-likeness (QED) is 0.799. The van der Waals surface area contributed by atoms with Crippen LogP contribution in [-0.2, 0) is 5.41 Å². The van der Waals surface area contributed by atoms with Crippen LogP contribution in [-0.4, -0.2) is 23.1 Å². The smallest absolute Gasteiger partial charge is 0.173 e. The van der Waals surface area contributed by atoms with Gasteiger partial charge in [-0.2, -0.15) is 5.26 Å². The predicted molar refractivity (Wildman–Crippen MR) is 102 cm³/mol. The predicted octanol–water partition coefficient (Wildman–Crippen LogP) is 4.59. The number of halogens is 1. The van der Waals surface area contributed by atoms with Crippen LogP contribution >= 0.6 is 23.8 Å². The fraction of sp³-hybridized carbons (Fsp3) is 0.263. The van der Waals surface area contributed by atoms with Gasteiger partial charge in [0.25, 0.3) is 0 Å². The van der Waals surface area contributed by atoms with Crippen molar-refractivity contribution in [3.63, 3.8) is 0 Å². The van der Waals surface area contributed by atoms with E-state index >= 15 is 0 Å². The Hall–Kier alpha value is -2.09. The zero-order valence-corrected chi connectivity index (χ0v) is 14.8. The summed E-state index contributed by atoms with van der Waals surface area (Å²) >= 11 is 11.7. The first kappa shape index (κ1) is 16.8. The van der Waals surface area contributed by atoms with Crippen molar-refractivity contribution in [1.29, 1.82) is 5.26 Å². The molecule has 0 aromatic heterocycles. The molecule has 0 amide bonds. The molecular formula is C19H18ClN3S. The number of hydrogen-bond acceptors (Lipinski definition) is 2. The van der Waals surface area contributed by atoms with Crippen LogP contribution in [0.3, 0.4) is 0 Å². The average Bonchev–Trinajstić information content (AvgIpc) is 2.64. The zero-order valence-electron chi connectivity index (χ0n) is 13.2. The topological polar surface area (TPSA) is 39.1 Å². The highest BCUT2D eigenvalue weighted by molar-refractivity contribution is 7.80. The Morgan fingerprint density at radius 2 is 1.71 bits per heavy atom. The molecule has 2 aromatic rings. The number of anilines is 1. The molecule has 0 spiro atoms. The van der Waals surface area contributed by atoms with Gasteiger partial charge in [-0.1, -0.05) is 54.1 Å². The summed E-state index contributed by atoms with van der Waals surface area (Å²) in [6.07, 6.45) is 1.52. The molecule has 1 N–H and O–H groups in total. The van der Waals surface area contributed by atoms with Crippen molar-refractivity contribution in [1.82, 2.24) is 4.90 Å². The van der Waals surface area contributed by atoms with Gasteiger partial charge in [-0.15, -0.1) is 0 Å². The van der Waals surface area contributed by atoms with Crippen molar-refractivity contribution in [2.24, 2.45) is 0 Å². The Balaban J connectivity index is 1.67. The molecule has 3 nitrogen and oxygen atoms in total. The minimum Gasteiger partial charge on any atom is -0.349 e. The van der Waals surface area contributed by atoms with Gasteiger partial charge >= 0.3 is 0 Å². The molecule has 0 bridgehead atoms. The van der Waals surface area contributed by atoms with Gasteiger partial charge in [0.15, 0.2) is 5.11 Å². The molecule has 122 valence electrons. The number of nitrogens with zero attached hydrogens (tertiary/aromatic N) is 2. The van der Waals surface area contributed by atoms with Crippen molar-refractivity contribution in [2.45, 2.75) is 18.3 Å². The minimum absolute atomic E-state index is 0.419. The van der Waals surface area contributed by atoms with E-state index < -0.39 is 5.41 Å². The molecule has 1 aliphatic rings. The lowest BCUT2D eigenvalue weighted by atomic mass is 9.74. The van der Waals surface area contributed by atoms with Gasteiger partial charge in [0.2, 0.25) is 0 Å². The van der Waals surface area contributed by atoms with Gasteiger partial charge in [0.05, 0.1) is 22.2 Å². The van der Waals surface area contributed by atoms with Crippen LogP contribution in [0.1, 0.15) is 18.4 Å². The highest BCUT2D eigenvalue weighted by Crippen LogP contribution is 2.35. The molecule has 1 saturated heterocycles. The number of nitrogens with one attached hydrogen (secondary N) is 1. The fourth-order valence-corrected chi connectivity index (χ4v) is 3.55. The molecule has 0 atom stereocenters. The Kier molecular flexibility index (Phi) is 5.03. The number of para-hydroxylation sites is 1. The minimum atomic E-state index is -0.419. The normalized spacial score (nSPS) is 16.2. The maximum atomic E-state index is 9.76. The molecule has 0 unspecified atom stereocenters. The van der Waals surface area contributed by atoms with E-state index in [0.29, 0.717) is 10.1 Å². The summed E-state index contributed by atoms with van der Waals surface area (Å²) in [5.41, 5.74) is 1.49. The second kappa shape index (κ2) is 7.21. The van der Waals surface area contributed by atoms with Gasteiger partial charge in [-0.3, -0.25) is 0 Å². The monoisotopic (exact) mass is 355 g/mol. The zero-order chi connectivity index (χ0) is 17.0. The van der Waals surface area contributed by atoms with Crippen molar-refractivity contribution in [2.75, 3.05) is 18.4 Å². The van der Waals surface area contributed by atoms with Gasteiger partial charge in [0, 0.05) is 13.1 Å². The van der Waals surface area contributed by atoms with Crippen LogP contribution in [0, 0.1) is 11.3 Å². The van der Waals surface area contributed by atoms with Crippen LogP contribution < -0.4 is 5.32 Å². The van der Waals surface area contributed by atoms with E-state index in [4.69, 9.17) is 23.8 Å². The first-order chi connectivity index (χ1) is 11.6. The SMILES string of the molecule is N#CC1(c2ccccc2)CCN(C(=S)Nc2ccccc2Cl)CC1. The molecule has 24 heavy (non-hydrogen) atoms. The van der Waals surface area contributed by atoms with Gasteiger partial charge < -0.3 is 10.2 Å². The number of nitriles is 1. The molecule has 0 saturated carbocycles. The second-order valence-electron chi connectivity index (χ2n) is 5.96. The van der Waals surface area contributed by atoms with Crippen LogP contribution in [0.4, 0.5) is 5.69 Å². The molecule has 0 radical (unpaired) electrons. The summed E-state index contributed by atoms with van der Waals surface area (Å²) in [6.45, 7) is 1.50. The van der Waals surface area contributed by atoms with Crippen molar-refractivity contribution in [3.8, 4) is 6.07 Å². The molecular weight excluding hydrogens is 338 g/mol. The second-order valence-corrected chi connectivity index (χ2v) is 6.75. The first-order valence-electron chi connectivity index (χ1n) is 7.92. The number of likely N-dealkylation sites (tertiary alicyclic amines) is 1. The van der Waals surface area contributed by atoms with Gasteiger partial charge in [-0.25, -0.2) is 0 Å². The first-order valence-corrected chi connectivity index (χ1v) is 8.70. The summed E-state index contributed by atoms with van der Waals surface area (Å²) in [6, 6.07) is 20.1. The lowest BCUT2D eigenvalue weighted by molar-refractivity contribution is 0.272. The molecule has 1 heterocycles. The highest BCUT2D eigenvalue weighted by atomic mass is 35.5.